The number of aromatic amines is 1. The van der Waals surface area contributed by atoms with Gasteiger partial charge in [-0.05, 0) is 80.0 Å². The minimum absolute atomic E-state index is 0.0536. The van der Waals surface area contributed by atoms with E-state index in [1.54, 1.807) is 0 Å². The Balaban J connectivity index is 1.11. The van der Waals surface area contributed by atoms with E-state index in [1.807, 2.05) is 18.2 Å². The molecule has 34 heavy (non-hydrogen) atoms. The van der Waals surface area contributed by atoms with E-state index in [0.717, 1.165) is 70.1 Å². The number of ether oxygens (including phenoxy) is 1. The van der Waals surface area contributed by atoms with Gasteiger partial charge in [0, 0.05) is 30.2 Å². The standard InChI is InChI=1S/C30H36N2O2/c33-30(25-11-5-2-6-12-25)34-27-14-15-29-28(21-27)26(22-31-29)13-7-8-18-32-19-16-24(17-20-32)23-9-3-1-4-10-23/h1,3-4,9-10,14-16,21-22,25,31H,2,5-8,11-13,17-20H2. The molecule has 178 valence electrons. The first-order chi connectivity index (χ1) is 16.8. The molecule has 0 bridgehead atoms. The van der Waals surface area contributed by atoms with Gasteiger partial charge in [0.1, 0.15) is 5.75 Å². The minimum atomic E-state index is -0.0536. The molecule has 0 unspecified atom stereocenters. The number of hydrogen-bond acceptors (Lipinski definition) is 3. The summed E-state index contributed by atoms with van der Waals surface area (Å²) in [7, 11) is 0. The molecule has 0 amide bonds. The van der Waals surface area contributed by atoms with Crippen LogP contribution in [0.3, 0.4) is 0 Å². The number of benzene rings is 2. The van der Waals surface area contributed by atoms with Gasteiger partial charge in [-0.25, -0.2) is 0 Å². The third kappa shape index (κ3) is 5.61. The summed E-state index contributed by atoms with van der Waals surface area (Å²) in [6.45, 7) is 3.34. The second-order valence-electron chi connectivity index (χ2n) is 9.88. The molecule has 5 rings (SSSR count). The highest BCUT2D eigenvalue weighted by Crippen LogP contribution is 2.29. The van der Waals surface area contributed by atoms with Gasteiger partial charge in [0.25, 0.3) is 0 Å². The van der Waals surface area contributed by atoms with Crippen molar-refractivity contribution in [3.63, 3.8) is 0 Å². The third-order valence-electron chi connectivity index (χ3n) is 7.50. The number of esters is 1. The van der Waals surface area contributed by atoms with E-state index in [2.05, 4.69) is 52.5 Å². The molecule has 2 aromatic carbocycles. The van der Waals surface area contributed by atoms with Crippen molar-refractivity contribution in [2.45, 2.75) is 57.8 Å². The first-order valence-corrected chi connectivity index (χ1v) is 13.0. The second kappa shape index (κ2) is 11.1. The lowest BCUT2D eigenvalue weighted by molar-refractivity contribution is -0.139. The van der Waals surface area contributed by atoms with Crippen LogP contribution in [0, 0.1) is 5.92 Å². The van der Waals surface area contributed by atoms with E-state index in [9.17, 15) is 4.79 Å². The molecule has 1 fully saturated rings. The number of aryl methyl sites for hydroxylation is 1. The zero-order valence-electron chi connectivity index (χ0n) is 20.1. The molecule has 4 heteroatoms. The molecule has 1 saturated carbocycles. The van der Waals surface area contributed by atoms with Crippen molar-refractivity contribution in [3.8, 4) is 5.75 Å². The van der Waals surface area contributed by atoms with E-state index < -0.39 is 0 Å². The molecule has 0 saturated heterocycles. The normalized spacial score (nSPS) is 17.6. The van der Waals surface area contributed by atoms with E-state index in [0.29, 0.717) is 5.75 Å². The molecule has 4 nitrogen and oxygen atoms in total. The largest absolute Gasteiger partial charge is 0.426 e. The lowest BCUT2D eigenvalue weighted by atomic mass is 9.89. The van der Waals surface area contributed by atoms with E-state index in [1.165, 1.54) is 34.9 Å². The topological polar surface area (TPSA) is 45.3 Å². The fraction of sp³-hybridized carbons (Fsp3) is 0.433. The fourth-order valence-corrected chi connectivity index (χ4v) is 5.45. The first kappa shape index (κ1) is 22.9. The number of carbonyl (C=O) groups is 1. The van der Waals surface area contributed by atoms with Crippen LogP contribution in [0.5, 0.6) is 5.75 Å². The number of nitrogens with zero attached hydrogens (tertiary/aromatic N) is 1. The van der Waals surface area contributed by atoms with Crippen molar-refractivity contribution in [1.82, 2.24) is 9.88 Å². The maximum Gasteiger partial charge on any atom is 0.314 e. The Labute approximate surface area is 203 Å². The smallest absolute Gasteiger partial charge is 0.314 e. The van der Waals surface area contributed by atoms with Crippen LogP contribution < -0.4 is 4.74 Å². The van der Waals surface area contributed by atoms with Gasteiger partial charge in [-0.3, -0.25) is 9.69 Å². The highest BCUT2D eigenvalue weighted by atomic mass is 16.5. The molecule has 1 aliphatic carbocycles. The molecule has 3 aromatic rings. The van der Waals surface area contributed by atoms with Crippen molar-refractivity contribution >= 4 is 22.4 Å². The van der Waals surface area contributed by atoms with Crippen LogP contribution in [-0.4, -0.2) is 35.5 Å². The maximum atomic E-state index is 12.6. The Morgan fingerprint density at radius 3 is 2.68 bits per heavy atom. The van der Waals surface area contributed by atoms with Crippen LogP contribution in [0.2, 0.25) is 0 Å². The van der Waals surface area contributed by atoms with Crippen LogP contribution >= 0.6 is 0 Å². The predicted molar refractivity (Wildman–Crippen MR) is 139 cm³/mol. The van der Waals surface area contributed by atoms with Gasteiger partial charge in [0.2, 0.25) is 0 Å². The highest BCUT2D eigenvalue weighted by Gasteiger charge is 2.23. The molecule has 2 heterocycles. The lowest BCUT2D eigenvalue weighted by Gasteiger charge is -2.26. The number of nitrogens with one attached hydrogen (secondary N) is 1. The molecule has 1 N–H and O–H groups in total. The van der Waals surface area contributed by atoms with Crippen LogP contribution in [0.25, 0.3) is 16.5 Å². The van der Waals surface area contributed by atoms with Gasteiger partial charge in [-0.2, -0.15) is 0 Å². The Kier molecular flexibility index (Phi) is 7.45. The predicted octanol–water partition coefficient (Wildman–Crippen LogP) is 6.77. The lowest BCUT2D eigenvalue weighted by Crippen LogP contribution is -2.29. The van der Waals surface area contributed by atoms with E-state index in [-0.39, 0.29) is 11.9 Å². The second-order valence-corrected chi connectivity index (χ2v) is 9.88. The quantitative estimate of drug-likeness (QED) is 0.231. The number of aromatic nitrogens is 1. The van der Waals surface area contributed by atoms with Gasteiger partial charge in [0.05, 0.1) is 5.92 Å². The third-order valence-corrected chi connectivity index (χ3v) is 7.50. The number of fused-ring (bicyclic) bond motifs is 1. The Morgan fingerprint density at radius 2 is 1.88 bits per heavy atom. The van der Waals surface area contributed by atoms with Gasteiger partial charge in [0.15, 0.2) is 0 Å². The summed E-state index contributed by atoms with van der Waals surface area (Å²) in [6, 6.07) is 16.7. The average molecular weight is 457 g/mol. The van der Waals surface area contributed by atoms with Crippen molar-refractivity contribution < 1.29 is 9.53 Å². The Hall–Kier alpha value is -2.85. The summed E-state index contributed by atoms with van der Waals surface area (Å²) in [5, 5.41) is 1.18. The molecular formula is C30H36N2O2. The summed E-state index contributed by atoms with van der Waals surface area (Å²) in [6.07, 6.45) is 14.5. The Bertz CT molecular complexity index is 1130. The van der Waals surface area contributed by atoms with Crippen LogP contribution in [0.1, 0.15) is 62.5 Å². The Morgan fingerprint density at radius 1 is 1.03 bits per heavy atom. The summed E-state index contributed by atoms with van der Waals surface area (Å²) in [5.74, 6) is 0.698. The zero-order chi connectivity index (χ0) is 23.2. The highest BCUT2D eigenvalue weighted by molar-refractivity contribution is 5.85. The maximum absolute atomic E-state index is 12.6. The van der Waals surface area contributed by atoms with Gasteiger partial charge >= 0.3 is 5.97 Å². The van der Waals surface area contributed by atoms with Crippen molar-refractivity contribution in [2.75, 3.05) is 19.6 Å². The van der Waals surface area contributed by atoms with Crippen LogP contribution in [0.4, 0.5) is 0 Å². The molecule has 0 radical (unpaired) electrons. The number of H-pyrrole nitrogens is 1. The number of unbranched alkanes of at least 4 members (excludes halogenated alkanes) is 1. The SMILES string of the molecule is O=C(Oc1ccc2[nH]cc(CCCCN3CC=C(c4ccccc4)CC3)c2c1)C1CCCCC1. The summed E-state index contributed by atoms with van der Waals surface area (Å²) < 4.78 is 5.77. The van der Waals surface area contributed by atoms with Gasteiger partial charge < -0.3 is 9.72 Å². The van der Waals surface area contributed by atoms with Crippen molar-refractivity contribution in [1.29, 1.82) is 0 Å². The molecule has 2 aliphatic rings. The monoisotopic (exact) mass is 456 g/mol. The zero-order valence-corrected chi connectivity index (χ0v) is 20.1. The molecular weight excluding hydrogens is 420 g/mol. The first-order valence-electron chi connectivity index (χ1n) is 13.0. The number of carbonyl (C=O) groups excluding carboxylic acids is 1. The molecule has 1 aliphatic heterocycles. The number of rotatable bonds is 8. The van der Waals surface area contributed by atoms with Crippen LogP contribution in [-0.2, 0) is 11.2 Å². The minimum Gasteiger partial charge on any atom is -0.426 e. The van der Waals surface area contributed by atoms with Crippen molar-refractivity contribution in [3.05, 3.63) is 71.9 Å². The summed E-state index contributed by atoms with van der Waals surface area (Å²) in [5.41, 5.74) is 5.28. The van der Waals surface area contributed by atoms with E-state index >= 15 is 0 Å². The molecule has 0 spiro atoms. The van der Waals surface area contributed by atoms with Gasteiger partial charge in [-0.15, -0.1) is 0 Å². The van der Waals surface area contributed by atoms with E-state index in [4.69, 9.17) is 4.74 Å². The van der Waals surface area contributed by atoms with Crippen LogP contribution in [0.15, 0.2) is 60.8 Å². The number of hydrogen-bond donors (Lipinski definition) is 1. The summed E-state index contributed by atoms with van der Waals surface area (Å²) in [4.78, 5) is 18.5. The van der Waals surface area contributed by atoms with Gasteiger partial charge in [-0.1, -0.05) is 55.7 Å². The fourth-order valence-electron chi connectivity index (χ4n) is 5.45. The summed E-state index contributed by atoms with van der Waals surface area (Å²) >= 11 is 0. The molecule has 1 aromatic heterocycles. The molecule has 0 atom stereocenters. The average Bonchev–Trinajstić information content (AvgIpc) is 3.30. The van der Waals surface area contributed by atoms with Crippen molar-refractivity contribution in [2.24, 2.45) is 5.92 Å².